The molecule has 6 nitrogen and oxygen atoms in total. The van der Waals surface area contributed by atoms with Crippen molar-refractivity contribution in [1.82, 2.24) is 5.32 Å². The molecule has 168 valence electrons. The van der Waals surface area contributed by atoms with Gasteiger partial charge in [0.25, 0.3) is 10.0 Å². The zero-order valence-electron chi connectivity index (χ0n) is 17.9. The fraction of sp³-hybridized carbons (Fsp3) is 0.208. The third kappa shape index (κ3) is 5.81. The first-order valence-corrected chi connectivity index (χ1v) is 11.9. The summed E-state index contributed by atoms with van der Waals surface area (Å²) in [6.45, 7) is 1.88. The van der Waals surface area contributed by atoms with E-state index in [1.807, 2.05) is 37.3 Å². The number of sulfonamides is 1. The van der Waals surface area contributed by atoms with Gasteiger partial charge < -0.3 is 10.1 Å². The first kappa shape index (κ1) is 23.6. The molecule has 32 heavy (non-hydrogen) atoms. The molecule has 0 unspecified atom stereocenters. The van der Waals surface area contributed by atoms with E-state index in [0.29, 0.717) is 18.7 Å². The number of hydrogen-bond donors (Lipinski definition) is 1. The van der Waals surface area contributed by atoms with Gasteiger partial charge in [-0.25, -0.2) is 8.42 Å². The van der Waals surface area contributed by atoms with Crippen molar-refractivity contribution in [3.8, 4) is 5.75 Å². The van der Waals surface area contributed by atoms with Gasteiger partial charge in [0.1, 0.15) is 12.3 Å². The summed E-state index contributed by atoms with van der Waals surface area (Å²) in [5.74, 6) is -0.000952. The first-order valence-electron chi connectivity index (χ1n) is 10.0. The van der Waals surface area contributed by atoms with Gasteiger partial charge in [-0.2, -0.15) is 0 Å². The molecule has 1 amide bonds. The molecule has 8 heteroatoms. The van der Waals surface area contributed by atoms with E-state index in [4.69, 9.17) is 16.3 Å². The highest BCUT2D eigenvalue weighted by atomic mass is 35.5. The quantitative estimate of drug-likeness (QED) is 0.506. The number of aryl methyl sites for hydroxylation is 1. The van der Waals surface area contributed by atoms with Gasteiger partial charge in [0.05, 0.1) is 22.7 Å². The Hall–Kier alpha value is -3.03. The predicted molar refractivity (Wildman–Crippen MR) is 127 cm³/mol. The fourth-order valence-electron chi connectivity index (χ4n) is 3.14. The summed E-state index contributed by atoms with van der Waals surface area (Å²) >= 11 is 6.23. The highest BCUT2D eigenvalue weighted by Crippen LogP contribution is 2.31. The maximum Gasteiger partial charge on any atom is 0.264 e. The highest BCUT2D eigenvalue weighted by Gasteiger charge is 2.27. The van der Waals surface area contributed by atoms with Crippen LogP contribution in [0.25, 0.3) is 0 Å². The van der Waals surface area contributed by atoms with E-state index in [-0.39, 0.29) is 22.2 Å². The second kappa shape index (κ2) is 10.5. The van der Waals surface area contributed by atoms with Gasteiger partial charge in [-0.3, -0.25) is 9.10 Å². The van der Waals surface area contributed by atoms with E-state index in [2.05, 4.69) is 5.32 Å². The minimum absolute atomic E-state index is 0.0899. The molecule has 0 radical (unpaired) electrons. The van der Waals surface area contributed by atoms with E-state index in [1.165, 1.54) is 25.3 Å². The standard InChI is InChI=1S/C24H25ClN2O4S/c1-18-8-11-21(12-9-18)32(29,30)27(20-10-13-23(31-2)22(25)16-20)17-24(28)26-15-14-19-6-4-3-5-7-19/h3-13,16H,14-15,17H2,1-2H3,(H,26,28). The number of nitrogens with zero attached hydrogens (tertiary/aromatic N) is 1. The molecule has 0 bridgehead atoms. The Kier molecular flexibility index (Phi) is 7.77. The summed E-state index contributed by atoms with van der Waals surface area (Å²) in [6.07, 6.45) is 0.645. The van der Waals surface area contributed by atoms with Crippen LogP contribution in [0.4, 0.5) is 5.69 Å². The van der Waals surface area contributed by atoms with Crippen molar-refractivity contribution in [2.24, 2.45) is 0 Å². The van der Waals surface area contributed by atoms with Crippen molar-refractivity contribution in [2.75, 3.05) is 24.5 Å². The Balaban J connectivity index is 1.84. The molecule has 0 heterocycles. The summed E-state index contributed by atoms with van der Waals surface area (Å²) < 4.78 is 33.0. The van der Waals surface area contributed by atoms with Gasteiger partial charge in [-0.15, -0.1) is 0 Å². The van der Waals surface area contributed by atoms with Crippen LogP contribution in [0.3, 0.4) is 0 Å². The van der Waals surface area contributed by atoms with Gasteiger partial charge in [-0.05, 0) is 49.2 Å². The minimum Gasteiger partial charge on any atom is -0.495 e. The largest absolute Gasteiger partial charge is 0.495 e. The molecule has 0 fully saturated rings. The molecule has 1 N–H and O–H groups in total. The maximum absolute atomic E-state index is 13.4. The molecule has 0 aliphatic rings. The second-order valence-corrected chi connectivity index (χ2v) is 9.50. The maximum atomic E-state index is 13.4. The Labute approximate surface area is 193 Å². The molecule has 3 aromatic carbocycles. The summed E-state index contributed by atoms with van der Waals surface area (Å²) in [7, 11) is -2.53. The number of carbonyl (C=O) groups excluding carboxylic acids is 1. The van der Waals surface area contributed by atoms with Gasteiger partial charge >= 0.3 is 0 Å². The van der Waals surface area contributed by atoms with Gasteiger partial charge in [0.15, 0.2) is 0 Å². The zero-order chi connectivity index (χ0) is 23.1. The summed E-state index contributed by atoms with van der Waals surface area (Å²) in [4.78, 5) is 12.8. The van der Waals surface area contributed by atoms with Crippen LogP contribution in [0.15, 0.2) is 77.7 Å². The molecule has 0 aromatic heterocycles. The van der Waals surface area contributed by atoms with E-state index in [0.717, 1.165) is 15.4 Å². The number of ether oxygens (including phenoxy) is 1. The molecular formula is C24H25ClN2O4S. The van der Waals surface area contributed by atoms with Crippen LogP contribution >= 0.6 is 11.6 Å². The third-order valence-corrected chi connectivity index (χ3v) is 6.98. The van der Waals surface area contributed by atoms with Crippen LogP contribution in [0, 0.1) is 6.92 Å². The molecule has 0 saturated carbocycles. The molecule has 0 aliphatic carbocycles. The topological polar surface area (TPSA) is 75.7 Å². The predicted octanol–water partition coefficient (Wildman–Crippen LogP) is 4.21. The number of rotatable bonds is 9. The molecule has 3 aromatic rings. The number of nitrogens with one attached hydrogen (secondary N) is 1. The van der Waals surface area contributed by atoms with Crippen LogP contribution in [-0.2, 0) is 21.2 Å². The zero-order valence-corrected chi connectivity index (χ0v) is 19.5. The average molecular weight is 473 g/mol. The number of benzene rings is 3. The lowest BCUT2D eigenvalue weighted by Gasteiger charge is -2.24. The van der Waals surface area contributed by atoms with Crippen molar-refractivity contribution >= 4 is 33.2 Å². The van der Waals surface area contributed by atoms with E-state index >= 15 is 0 Å². The monoisotopic (exact) mass is 472 g/mol. The van der Waals surface area contributed by atoms with E-state index in [1.54, 1.807) is 24.3 Å². The Bertz CT molecular complexity index is 1170. The number of hydrogen-bond acceptors (Lipinski definition) is 4. The molecular weight excluding hydrogens is 448 g/mol. The second-order valence-electron chi connectivity index (χ2n) is 7.23. The summed E-state index contributed by atoms with van der Waals surface area (Å²) in [6, 6.07) is 20.8. The Morgan fingerprint density at radius 3 is 2.34 bits per heavy atom. The van der Waals surface area contributed by atoms with Crippen molar-refractivity contribution in [2.45, 2.75) is 18.2 Å². The van der Waals surface area contributed by atoms with Crippen LogP contribution in [-0.4, -0.2) is 34.5 Å². The molecule has 3 rings (SSSR count). The van der Waals surface area contributed by atoms with Gasteiger partial charge in [0, 0.05) is 6.54 Å². The number of methoxy groups -OCH3 is 1. The van der Waals surface area contributed by atoms with Crippen LogP contribution < -0.4 is 14.4 Å². The summed E-state index contributed by atoms with van der Waals surface area (Å²) in [5, 5.41) is 3.05. The normalized spacial score (nSPS) is 11.1. The number of carbonyl (C=O) groups is 1. The lowest BCUT2D eigenvalue weighted by atomic mass is 10.1. The van der Waals surface area contributed by atoms with Crippen LogP contribution in [0.5, 0.6) is 5.75 Å². The lowest BCUT2D eigenvalue weighted by Crippen LogP contribution is -2.41. The molecule has 0 atom stereocenters. The van der Waals surface area contributed by atoms with E-state index < -0.39 is 15.9 Å². The SMILES string of the molecule is COc1ccc(N(CC(=O)NCCc2ccccc2)S(=O)(=O)c2ccc(C)cc2)cc1Cl. The Morgan fingerprint density at radius 1 is 1.03 bits per heavy atom. The Morgan fingerprint density at radius 2 is 1.72 bits per heavy atom. The van der Waals surface area contributed by atoms with Crippen molar-refractivity contribution in [3.63, 3.8) is 0 Å². The van der Waals surface area contributed by atoms with Crippen LogP contribution in [0.1, 0.15) is 11.1 Å². The number of amides is 1. The summed E-state index contributed by atoms with van der Waals surface area (Å²) in [5.41, 5.74) is 2.29. The van der Waals surface area contributed by atoms with Crippen molar-refractivity contribution in [3.05, 3.63) is 88.9 Å². The van der Waals surface area contributed by atoms with Gasteiger partial charge in [0.2, 0.25) is 5.91 Å². The third-order valence-electron chi connectivity index (χ3n) is 4.90. The smallest absolute Gasteiger partial charge is 0.264 e. The minimum atomic E-state index is -4.01. The molecule has 0 aliphatic heterocycles. The number of anilines is 1. The molecule has 0 saturated heterocycles. The van der Waals surface area contributed by atoms with Crippen molar-refractivity contribution < 1.29 is 17.9 Å². The van der Waals surface area contributed by atoms with E-state index in [9.17, 15) is 13.2 Å². The fourth-order valence-corrected chi connectivity index (χ4v) is 4.80. The van der Waals surface area contributed by atoms with Crippen molar-refractivity contribution in [1.29, 1.82) is 0 Å². The average Bonchev–Trinajstić information content (AvgIpc) is 2.78. The highest BCUT2D eigenvalue weighted by molar-refractivity contribution is 7.92. The molecule has 0 spiro atoms. The van der Waals surface area contributed by atoms with Crippen LogP contribution in [0.2, 0.25) is 5.02 Å². The lowest BCUT2D eigenvalue weighted by molar-refractivity contribution is -0.119. The van der Waals surface area contributed by atoms with Gasteiger partial charge in [-0.1, -0.05) is 59.6 Å². The number of halogens is 1. The first-order chi connectivity index (χ1) is 15.3.